The smallest absolute Gasteiger partial charge is 0.441 e. The highest BCUT2D eigenvalue weighted by Crippen LogP contribution is 2.66. The van der Waals surface area contributed by atoms with Gasteiger partial charge in [-0.3, -0.25) is 19.2 Å². The van der Waals surface area contributed by atoms with Gasteiger partial charge in [0.25, 0.3) is 5.69 Å². The van der Waals surface area contributed by atoms with Crippen molar-refractivity contribution in [3.8, 4) is 11.8 Å². The molecule has 1 amide bonds. The first kappa shape index (κ1) is 39.9. The molecule has 0 aliphatic carbocycles. The van der Waals surface area contributed by atoms with E-state index in [1.54, 1.807) is 26.1 Å². The number of carbonyl (C=O) groups excluding carboxylic acids is 1. The number of benzene rings is 1. The molecule has 6 atom stereocenters. The molecule has 2 aromatic rings. The second-order valence-corrected chi connectivity index (χ2v) is 14.8. The number of hydrogen-bond acceptors (Lipinski definition) is 15. The highest BCUT2D eigenvalue weighted by atomic mass is 31.3. The summed E-state index contributed by atoms with van der Waals surface area (Å²) < 4.78 is 58.4. The maximum atomic E-state index is 12.6. The monoisotopic (exact) mass is 754 g/mol. The number of nitrogens with two attached hydrogens (primary N) is 1. The second kappa shape index (κ2) is 16.4. The van der Waals surface area contributed by atoms with Gasteiger partial charge >= 0.3 is 35.3 Å². The molecular weight excluding hydrogens is 721 g/mol. The zero-order valence-corrected chi connectivity index (χ0v) is 28.6. The van der Waals surface area contributed by atoms with E-state index >= 15 is 0 Å². The fourth-order valence-electron chi connectivity index (χ4n) is 4.43. The van der Waals surface area contributed by atoms with Gasteiger partial charge in [0.05, 0.1) is 35.3 Å². The molecule has 49 heavy (non-hydrogen) atoms. The van der Waals surface area contributed by atoms with Gasteiger partial charge < -0.3 is 45.4 Å². The Morgan fingerprint density at radius 3 is 2.57 bits per heavy atom. The van der Waals surface area contributed by atoms with Crippen LogP contribution in [0.5, 0.6) is 0 Å². The van der Waals surface area contributed by atoms with Gasteiger partial charge in [-0.1, -0.05) is 24.8 Å². The van der Waals surface area contributed by atoms with Crippen molar-refractivity contribution < 1.29 is 65.6 Å². The van der Waals surface area contributed by atoms with Crippen molar-refractivity contribution in [3.05, 3.63) is 61.7 Å². The number of rotatable bonds is 14. The lowest BCUT2D eigenvalue weighted by molar-refractivity contribution is -0.386. The van der Waals surface area contributed by atoms with Gasteiger partial charge in [0.1, 0.15) is 18.1 Å². The third-order valence-electron chi connectivity index (χ3n) is 6.58. The Labute approximate surface area is 277 Å². The lowest BCUT2D eigenvalue weighted by Gasteiger charge is -2.20. The average Bonchev–Trinajstić information content (AvgIpc) is 3.33. The van der Waals surface area contributed by atoms with Crippen LogP contribution in [0.25, 0.3) is 0 Å². The number of phosphoric ester groups is 1. The van der Waals surface area contributed by atoms with Crippen LogP contribution in [-0.2, 0) is 42.9 Å². The summed E-state index contributed by atoms with van der Waals surface area (Å²) in [6.45, 7) is 2.56. The summed E-state index contributed by atoms with van der Waals surface area (Å²) in [5.41, 5.74) is 5.79. The first-order valence-electron chi connectivity index (χ1n) is 13.9. The lowest BCUT2D eigenvalue weighted by Crippen LogP contribution is -2.29. The molecule has 270 valence electrons. The Morgan fingerprint density at radius 1 is 1.24 bits per heavy atom. The van der Waals surface area contributed by atoms with Gasteiger partial charge in [0.15, 0.2) is 0 Å². The number of aromatic nitrogens is 2. The van der Waals surface area contributed by atoms with E-state index < -0.39 is 71.1 Å². The second-order valence-electron chi connectivity index (χ2n) is 10.3. The highest BCUT2D eigenvalue weighted by Gasteiger charge is 2.42. The van der Waals surface area contributed by atoms with Gasteiger partial charge in [-0.15, -0.1) is 0 Å². The Bertz CT molecular complexity index is 1820. The third kappa shape index (κ3) is 12.1. The summed E-state index contributed by atoms with van der Waals surface area (Å²) in [5.74, 6) is 4.58. The van der Waals surface area contributed by atoms with Crippen LogP contribution in [0.15, 0.2) is 29.2 Å². The molecule has 1 aliphatic rings. The predicted octanol–water partition coefficient (Wildman–Crippen LogP) is 1.56. The first-order chi connectivity index (χ1) is 22.7. The maximum absolute atomic E-state index is 12.6. The summed E-state index contributed by atoms with van der Waals surface area (Å²) in [6.07, 6.45) is -2.51. The minimum atomic E-state index is -5.71. The Kier molecular flexibility index (Phi) is 13.4. The number of hydrogen-bond donors (Lipinski definition) is 7. The molecule has 25 heteroatoms. The number of amides is 1. The molecule has 0 radical (unpaired) electrons. The molecule has 3 rings (SSSR count). The lowest BCUT2D eigenvalue weighted by atomic mass is 10.0. The zero-order chi connectivity index (χ0) is 36.7. The van der Waals surface area contributed by atoms with Crippen LogP contribution in [-0.4, -0.2) is 66.4 Å². The number of nitrogens with one attached hydrogen (secondary N) is 2. The van der Waals surface area contributed by atoms with Gasteiger partial charge in [-0.25, -0.2) is 23.3 Å². The van der Waals surface area contributed by atoms with Crippen LogP contribution < -0.4 is 22.1 Å². The molecule has 1 fully saturated rings. The van der Waals surface area contributed by atoms with Gasteiger partial charge in [0.2, 0.25) is 0 Å². The number of nitrogen functional groups attached to an aromatic ring is 1. The number of phosphoric acid groups is 3. The van der Waals surface area contributed by atoms with Crippen LogP contribution in [0, 0.1) is 27.9 Å². The maximum Gasteiger partial charge on any atom is 0.490 e. The van der Waals surface area contributed by atoms with Crippen LogP contribution >= 0.6 is 23.5 Å². The Morgan fingerprint density at radius 2 is 1.94 bits per heavy atom. The molecule has 0 spiro atoms. The first-order valence-corrected chi connectivity index (χ1v) is 18.4. The standard InChI is InChI=1S/C24H33N6O16P3/c1-14-9-21(44-20(14)13-42-48(38,39)46-49(40,41)45-47(35,36)37)29-12-17(22(25)28-23(29)31)5-4-8-27-24(32)43-15(2)18-10-16(11-26-3)6-7-19(18)30(33)34/h6-7,10,12,14-15,20-21,26H,8-9,11,13H2,1-3H3,(H,27,32)(H,38,39)(H,40,41)(H2,25,28,31)(H2,35,36,37)/t14-,15?,20-,21-/m1/s1. The van der Waals surface area contributed by atoms with Gasteiger partial charge in [-0.2, -0.15) is 13.6 Å². The number of nitro benzene ring substituents is 1. The zero-order valence-electron chi connectivity index (χ0n) is 25.9. The van der Waals surface area contributed by atoms with Crippen molar-refractivity contribution in [2.24, 2.45) is 5.92 Å². The van der Waals surface area contributed by atoms with E-state index in [1.807, 2.05) is 0 Å². The number of anilines is 1. The largest absolute Gasteiger partial charge is 0.490 e. The van der Waals surface area contributed by atoms with E-state index in [2.05, 4.69) is 40.6 Å². The minimum absolute atomic E-state index is 0.0630. The minimum Gasteiger partial charge on any atom is -0.441 e. The number of ether oxygens (including phenoxy) is 2. The Balaban J connectivity index is 1.62. The van der Waals surface area contributed by atoms with Crippen LogP contribution in [0.3, 0.4) is 0 Å². The topological polar surface area (TPSA) is 323 Å². The van der Waals surface area contributed by atoms with Crippen molar-refractivity contribution in [1.29, 1.82) is 0 Å². The molecular formula is C24H33N6O16P3. The van der Waals surface area contributed by atoms with E-state index in [0.29, 0.717) is 6.54 Å². The van der Waals surface area contributed by atoms with Crippen molar-refractivity contribution in [3.63, 3.8) is 0 Å². The Hall–Kier alpha value is -3.54. The van der Waals surface area contributed by atoms with E-state index in [1.165, 1.54) is 19.2 Å². The normalized spacial score (nSPS) is 20.7. The molecule has 1 saturated heterocycles. The van der Waals surface area contributed by atoms with E-state index in [0.717, 1.165) is 10.1 Å². The molecule has 2 heterocycles. The fraction of sp³-hybridized carbons (Fsp3) is 0.458. The number of nitro groups is 1. The quantitative estimate of drug-likeness (QED) is 0.0622. The molecule has 22 nitrogen and oxygen atoms in total. The predicted molar refractivity (Wildman–Crippen MR) is 166 cm³/mol. The molecule has 0 bridgehead atoms. The van der Waals surface area contributed by atoms with Gasteiger partial charge in [-0.05, 0) is 37.9 Å². The molecule has 1 aromatic carbocycles. The summed E-state index contributed by atoms with van der Waals surface area (Å²) >= 11 is 0. The molecule has 0 saturated carbocycles. The summed E-state index contributed by atoms with van der Waals surface area (Å²) in [5, 5.41) is 16.8. The number of nitrogens with zero attached hydrogens (tertiary/aromatic N) is 3. The molecule has 1 aromatic heterocycles. The fourth-order valence-corrected chi connectivity index (χ4v) is 7.46. The summed E-state index contributed by atoms with van der Waals surface area (Å²) in [7, 11) is -15.0. The number of carbonyl (C=O) groups is 1. The summed E-state index contributed by atoms with van der Waals surface area (Å²) in [6, 6.07) is 4.47. The van der Waals surface area contributed by atoms with E-state index in [9.17, 15) is 43.2 Å². The molecule has 8 N–H and O–H groups in total. The van der Waals surface area contributed by atoms with E-state index in [4.69, 9.17) is 25.0 Å². The molecule has 3 unspecified atom stereocenters. The van der Waals surface area contributed by atoms with E-state index in [-0.39, 0.29) is 35.6 Å². The van der Waals surface area contributed by atoms with Crippen molar-refractivity contribution in [2.75, 3.05) is 25.9 Å². The van der Waals surface area contributed by atoms with Crippen molar-refractivity contribution in [1.82, 2.24) is 20.2 Å². The van der Waals surface area contributed by atoms with Crippen LogP contribution in [0.1, 0.15) is 49.3 Å². The van der Waals surface area contributed by atoms with Crippen LogP contribution in [0.4, 0.5) is 16.3 Å². The number of alkyl carbamates (subject to hydrolysis) is 1. The van der Waals surface area contributed by atoms with Crippen molar-refractivity contribution >= 4 is 41.1 Å². The van der Waals surface area contributed by atoms with Crippen LogP contribution in [0.2, 0.25) is 0 Å². The molecule has 1 aliphatic heterocycles. The van der Waals surface area contributed by atoms with Gasteiger partial charge in [0, 0.05) is 18.8 Å². The highest BCUT2D eigenvalue weighted by molar-refractivity contribution is 7.66. The average molecular weight is 754 g/mol. The van der Waals surface area contributed by atoms with Crippen molar-refractivity contribution in [2.45, 2.75) is 45.2 Å². The summed E-state index contributed by atoms with van der Waals surface area (Å²) in [4.78, 5) is 75.8. The SMILES string of the molecule is CNCc1ccc([N+](=O)[O-])c(C(C)OC(=O)NCC#Cc2cn([C@H]3C[C@@H](C)[C@@H](COP(=O)(O)OP(=O)(O)OP(=O)(O)O)O3)c(=O)nc2N)c1. The third-order valence-corrected chi connectivity index (χ3v) is 10.4.